The van der Waals surface area contributed by atoms with Crippen molar-refractivity contribution in [2.75, 3.05) is 13.1 Å². The van der Waals surface area contributed by atoms with Gasteiger partial charge in [-0.1, -0.05) is 11.6 Å². The molecule has 4 rings (SSSR count). The SMILES string of the molecule is O=S(=O)(c1ccc(-c2nnc(-c3ccc(Cl)cc3)o2)cc1)N1CCCC1. The number of hydrogen-bond acceptors (Lipinski definition) is 5. The van der Waals surface area contributed by atoms with Gasteiger partial charge in [0, 0.05) is 29.2 Å². The molecule has 134 valence electrons. The Morgan fingerprint density at radius 2 is 1.35 bits per heavy atom. The molecule has 2 heterocycles. The van der Waals surface area contributed by atoms with Crippen molar-refractivity contribution in [3.05, 3.63) is 53.6 Å². The van der Waals surface area contributed by atoms with Gasteiger partial charge < -0.3 is 4.42 Å². The van der Waals surface area contributed by atoms with Crippen LogP contribution in [0.25, 0.3) is 22.9 Å². The van der Waals surface area contributed by atoms with E-state index in [2.05, 4.69) is 10.2 Å². The second-order valence-electron chi connectivity index (χ2n) is 6.05. The van der Waals surface area contributed by atoms with E-state index >= 15 is 0 Å². The molecule has 0 aliphatic carbocycles. The predicted molar refractivity (Wildman–Crippen MR) is 98.2 cm³/mol. The predicted octanol–water partition coefficient (Wildman–Crippen LogP) is 3.84. The largest absolute Gasteiger partial charge is 0.416 e. The summed E-state index contributed by atoms with van der Waals surface area (Å²) in [5.41, 5.74) is 1.43. The summed E-state index contributed by atoms with van der Waals surface area (Å²) in [6.45, 7) is 1.16. The lowest BCUT2D eigenvalue weighted by atomic mass is 10.2. The van der Waals surface area contributed by atoms with E-state index < -0.39 is 10.0 Å². The standard InChI is InChI=1S/C18H16ClN3O3S/c19-15-7-3-13(4-8-15)17-20-21-18(25-17)14-5-9-16(10-6-14)26(23,24)22-11-1-2-12-22/h3-10H,1-2,11-12H2. The molecule has 0 spiro atoms. The summed E-state index contributed by atoms with van der Waals surface area (Å²) < 4.78 is 32.3. The van der Waals surface area contributed by atoms with Crippen LogP contribution in [0.5, 0.6) is 0 Å². The van der Waals surface area contributed by atoms with Crippen LogP contribution >= 0.6 is 11.6 Å². The van der Waals surface area contributed by atoms with Gasteiger partial charge in [-0.15, -0.1) is 10.2 Å². The molecule has 1 aromatic heterocycles. The summed E-state index contributed by atoms with van der Waals surface area (Å²) >= 11 is 5.88. The normalized spacial score (nSPS) is 15.4. The van der Waals surface area contributed by atoms with Gasteiger partial charge in [-0.25, -0.2) is 8.42 Å². The molecule has 0 radical (unpaired) electrons. The third kappa shape index (κ3) is 3.25. The molecule has 1 saturated heterocycles. The number of benzene rings is 2. The Bertz CT molecular complexity index is 1010. The van der Waals surface area contributed by atoms with Crippen LogP contribution in [-0.2, 0) is 10.0 Å². The van der Waals surface area contributed by atoms with E-state index in [-0.39, 0.29) is 4.90 Å². The fraction of sp³-hybridized carbons (Fsp3) is 0.222. The number of nitrogens with zero attached hydrogens (tertiary/aromatic N) is 3. The first kappa shape index (κ1) is 17.2. The van der Waals surface area contributed by atoms with Gasteiger partial charge in [0.2, 0.25) is 21.8 Å². The van der Waals surface area contributed by atoms with Crippen LogP contribution in [0.3, 0.4) is 0 Å². The number of halogens is 1. The lowest BCUT2D eigenvalue weighted by Gasteiger charge is -2.15. The molecule has 0 atom stereocenters. The second-order valence-corrected chi connectivity index (χ2v) is 8.43. The van der Waals surface area contributed by atoms with Crippen molar-refractivity contribution in [1.29, 1.82) is 0 Å². The third-order valence-corrected chi connectivity index (χ3v) is 6.49. The first-order chi connectivity index (χ1) is 12.5. The quantitative estimate of drug-likeness (QED) is 0.677. The highest BCUT2D eigenvalue weighted by molar-refractivity contribution is 7.89. The lowest BCUT2D eigenvalue weighted by Crippen LogP contribution is -2.27. The highest BCUT2D eigenvalue weighted by atomic mass is 35.5. The Hall–Kier alpha value is -2.22. The summed E-state index contributed by atoms with van der Waals surface area (Å²) in [6, 6.07) is 13.6. The van der Waals surface area contributed by atoms with Crippen molar-refractivity contribution >= 4 is 21.6 Å². The third-order valence-electron chi connectivity index (χ3n) is 4.32. The summed E-state index contributed by atoms with van der Waals surface area (Å²) in [5.74, 6) is 0.713. The summed E-state index contributed by atoms with van der Waals surface area (Å²) in [7, 11) is -3.43. The van der Waals surface area contributed by atoms with E-state index in [1.165, 1.54) is 4.31 Å². The van der Waals surface area contributed by atoms with Crippen molar-refractivity contribution < 1.29 is 12.8 Å². The highest BCUT2D eigenvalue weighted by Gasteiger charge is 2.27. The molecule has 0 bridgehead atoms. The number of hydrogen-bond donors (Lipinski definition) is 0. The maximum atomic E-state index is 12.6. The number of sulfonamides is 1. The fourth-order valence-electron chi connectivity index (χ4n) is 2.90. The Morgan fingerprint density at radius 3 is 1.88 bits per heavy atom. The molecule has 1 aliphatic rings. The van der Waals surface area contributed by atoms with E-state index in [1.807, 2.05) is 0 Å². The van der Waals surface area contributed by atoms with Gasteiger partial charge in [-0.3, -0.25) is 0 Å². The van der Waals surface area contributed by atoms with Crippen LogP contribution in [0.15, 0.2) is 57.8 Å². The summed E-state index contributed by atoms with van der Waals surface area (Å²) in [5, 5.41) is 8.71. The van der Waals surface area contributed by atoms with Crippen LogP contribution in [0.4, 0.5) is 0 Å². The lowest BCUT2D eigenvalue weighted by molar-refractivity contribution is 0.477. The van der Waals surface area contributed by atoms with Crippen LogP contribution in [0, 0.1) is 0 Å². The van der Waals surface area contributed by atoms with Gasteiger partial charge in [0.1, 0.15) is 0 Å². The molecule has 1 fully saturated rings. The second kappa shape index (κ2) is 6.83. The molecule has 1 aliphatic heterocycles. The number of aromatic nitrogens is 2. The van der Waals surface area contributed by atoms with Crippen molar-refractivity contribution in [2.24, 2.45) is 0 Å². The van der Waals surface area contributed by atoms with Crippen LogP contribution in [0.1, 0.15) is 12.8 Å². The minimum atomic E-state index is -3.43. The Labute approximate surface area is 156 Å². The maximum Gasteiger partial charge on any atom is 0.248 e. The Morgan fingerprint density at radius 1 is 0.846 bits per heavy atom. The van der Waals surface area contributed by atoms with Gasteiger partial charge >= 0.3 is 0 Å². The Balaban J connectivity index is 1.58. The average molecular weight is 390 g/mol. The molecule has 0 saturated carbocycles. The molecule has 26 heavy (non-hydrogen) atoms. The van der Waals surface area contributed by atoms with Gasteiger partial charge in [0.05, 0.1) is 4.90 Å². The molecule has 8 heteroatoms. The van der Waals surface area contributed by atoms with Gasteiger partial charge in [-0.05, 0) is 61.4 Å². The monoisotopic (exact) mass is 389 g/mol. The first-order valence-corrected chi connectivity index (χ1v) is 10.1. The zero-order valence-electron chi connectivity index (χ0n) is 13.8. The van der Waals surface area contributed by atoms with E-state index in [1.54, 1.807) is 48.5 Å². The van der Waals surface area contributed by atoms with Crippen molar-refractivity contribution in [3.63, 3.8) is 0 Å². The van der Waals surface area contributed by atoms with E-state index in [4.69, 9.17) is 16.0 Å². The van der Waals surface area contributed by atoms with Gasteiger partial charge in [0.15, 0.2) is 0 Å². The van der Waals surface area contributed by atoms with E-state index in [0.717, 1.165) is 18.4 Å². The molecule has 6 nitrogen and oxygen atoms in total. The molecule has 0 unspecified atom stereocenters. The minimum Gasteiger partial charge on any atom is -0.416 e. The van der Waals surface area contributed by atoms with Gasteiger partial charge in [0.25, 0.3) is 0 Å². The molecule has 0 N–H and O–H groups in total. The molecule has 3 aromatic rings. The minimum absolute atomic E-state index is 0.278. The zero-order valence-corrected chi connectivity index (χ0v) is 15.4. The zero-order chi connectivity index (χ0) is 18.1. The topological polar surface area (TPSA) is 76.3 Å². The molecule has 0 amide bonds. The smallest absolute Gasteiger partial charge is 0.248 e. The van der Waals surface area contributed by atoms with Gasteiger partial charge in [-0.2, -0.15) is 4.31 Å². The van der Waals surface area contributed by atoms with Crippen molar-refractivity contribution in [1.82, 2.24) is 14.5 Å². The van der Waals surface area contributed by atoms with Crippen LogP contribution < -0.4 is 0 Å². The molecular weight excluding hydrogens is 374 g/mol. The van der Waals surface area contributed by atoms with Crippen molar-refractivity contribution in [2.45, 2.75) is 17.7 Å². The molecular formula is C18H16ClN3O3S. The maximum absolute atomic E-state index is 12.6. The summed E-state index contributed by atoms with van der Waals surface area (Å²) in [4.78, 5) is 0.278. The number of rotatable bonds is 4. The van der Waals surface area contributed by atoms with E-state index in [0.29, 0.717) is 35.5 Å². The molecule has 2 aromatic carbocycles. The summed E-state index contributed by atoms with van der Waals surface area (Å²) in [6.07, 6.45) is 1.82. The fourth-order valence-corrected chi connectivity index (χ4v) is 4.54. The first-order valence-electron chi connectivity index (χ1n) is 8.24. The highest BCUT2D eigenvalue weighted by Crippen LogP contribution is 2.27. The Kier molecular flexibility index (Phi) is 4.52. The van der Waals surface area contributed by atoms with Crippen LogP contribution in [0.2, 0.25) is 5.02 Å². The van der Waals surface area contributed by atoms with Crippen molar-refractivity contribution in [3.8, 4) is 22.9 Å². The van der Waals surface area contributed by atoms with Crippen LogP contribution in [-0.4, -0.2) is 36.0 Å². The average Bonchev–Trinajstić information content (AvgIpc) is 3.35. The van der Waals surface area contributed by atoms with E-state index in [9.17, 15) is 8.42 Å².